The number of rotatable bonds is 4. The van der Waals surface area contributed by atoms with Crippen molar-refractivity contribution in [3.05, 3.63) is 52.8 Å². The van der Waals surface area contributed by atoms with Gasteiger partial charge in [0.05, 0.1) is 31.4 Å². The normalized spacial score (nSPS) is 17.4. The Morgan fingerprint density at radius 1 is 1.33 bits per heavy atom. The van der Waals surface area contributed by atoms with Crippen LogP contribution in [0.5, 0.6) is 11.5 Å². The summed E-state index contributed by atoms with van der Waals surface area (Å²) in [6.45, 7) is 4.20. The van der Waals surface area contributed by atoms with E-state index in [9.17, 15) is 10.4 Å². The molecule has 2 atom stereocenters. The molecule has 3 rings (SSSR count). The van der Waals surface area contributed by atoms with Crippen molar-refractivity contribution in [2.24, 2.45) is 5.92 Å². The number of nitrogens with zero attached hydrogens (tertiary/aromatic N) is 2. The number of aromatic hydroxyl groups is 1. The van der Waals surface area contributed by atoms with Gasteiger partial charge in [0, 0.05) is 17.3 Å². The highest BCUT2D eigenvalue weighted by Crippen LogP contribution is 2.42. The van der Waals surface area contributed by atoms with Crippen LogP contribution in [0.25, 0.3) is 0 Å². The van der Waals surface area contributed by atoms with E-state index in [0.717, 1.165) is 22.4 Å². The lowest BCUT2D eigenvalue weighted by Crippen LogP contribution is -2.08. The molecule has 1 aromatic carbocycles. The Labute approximate surface area is 141 Å². The molecule has 2 unspecified atom stereocenters. The summed E-state index contributed by atoms with van der Waals surface area (Å²) >= 11 is 0. The standard InChI is InChI=1S/C19H20N2O3/c1-11(2)14(8-20)17-18(22)16-10-24-19(15(16)9-21-17)12-4-6-13(23-3)7-5-12/h4-7,9,11,14,19,22H,10H2,1-3H3. The highest BCUT2D eigenvalue weighted by atomic mass is 16.5. The predicted octanol–water partition coefficient (Wildman–Crippen LogP) is 3.68. The fourth-order valence-corrected chi connectivity index (χ4v) is 3.01. The van der Waals surface area contributed by atoms with E-state index in [1.165, 1.54) is 0 Å². The molecule has 5 nitrogen and oxygen atoms in total. The van der Waals surface area contributed by atoms with E-state index in [1.54, 1.807) is 13.3 Å². The van der Waals surface area contributed by atoms with Gasteiger partial charge in [0.25, 0.3) is 0 Å². The maximum absolute atomic E-state index is 10.6. The minimum absolute atomic E-state index is 0.0751. The Bertz CT molecular complexity index is 778. The van der Waals surface area contributed by atoms with Gasteiger partial charge in [-0.05, 0) is 23.6 Å². The second-order valence-corrected chi connectivity index (χ2v) is 6.24. The molecule has 0 spiro atoms. The first kappa shape index (κ1) is 16.3. The van der Waals surface area contributed by atoms with Crippen LogP contribution in [0.4, 0.5) is 0 Å². The first-order valence-corrected chi connectivity index (χ1v) is 7.92. The zero-order valence-electron chi connectivity index (χ0n) is 14.0. The summed E-state index contributed by atoms with van der Waals surface area (Å²) in [6.07, 6.45) is 1.46. The number of benzene rings is 1. The lowest BCUT2D eigenvalue weighted by Gasteiger charge is -2.16. The highest BCUT2D eigenvalue weighted by Gasteiger charge is 2.31. The average Bonchev–Trinajstić information content (AvgIpc) is 3.02. The van der Waals surface area contributed by atoms with Crippen LogP contribution in [0, 0.1) is 17.2 Å². The molecular formula is C19H20N2O3. The van der Waals surface area contributed by atoms with Crippen molar-refractivity contribution in [1.82, 2.24) is 4.98 Å². The third-order valence-corrected chi connectivity index (χ3v) is 4.42. The van der Waals surface area contributed by atoms with Crippen molar-refractivity contribution in [2.45, 2.75) is 32.5 Å². The van der Waals surface area contributed by atoms with E-state index >= 15 is 0 Å². The molecule has 2 aromatic rings. The van der Waals surface area contributed by atoms with Crippen LogP contribution in [0.1, 0.15) is 48.3 Å². The van der Waals surface area contributed by atoms with E-state index < -0.39 is 5.92 Å². The number of hydrogen-bond donors (Lipinski definition) is 1. The molecule has 0 saturated carbocycles. The second kappa shape index (κ2) is 6.50. The third kappa shape index (κ3) is 2.70. The molecule has 124 valence electrons. The number of methoxy groups -OCH3 is 1. The van der Waals surface area contributed by atoms with Crippen molar-refractivity contribution in [2.75, 3.05) is 7.11 Å². The number of nitriles is 1. The molecule has 1 aromatic heterocycles. The van der Waals surface area contributed by atoms with Crippen LogP contribution < -0.4 is 4.74 Å². The molecule has 1 N–H and O–H groups in total. The third-order valence-electron chi connectivity index (χ3n) is 4.42. The van der Waals surface area contributed by atoms with Crippen molar-refractivity contribution in [1.29, 1.82) is 5.26 Å². The fourth-order valence-electron chi connectivity index (χ4n) is 3.01. The lowest BCUT2D eigenvalue weighted by atomic mass is 9.90. The summed E-state index contributed by atoms with van der Waals surface area (Å²) in [5.74, 6) is 0.507. The van der Waals surface area contributed by atoms with Gasteiger partial charge in [0.1, 0.15) is 17.6 Å². The Morgan fingerprint density at radius 3 is 2.62 bits per heavy atom. The molecule has 0 aliphatic carbocycles. The van der Waals surface area contributed by atoms with Gasteiger partial charge in [-0.25, -0.2) is 0 Å². The molecular weight excluding hydrogens is 304 g/mol. The Balaban J connectivity index is 1.98. The van der Waals surface area contributed by atoms with Crippen LogP contribution in [0.15, 0.2) is 30.5 Å². The van der Waals surface area contributed by atoms with E-state index in [4.69, 9.17) is 9.47 Å². The Kier molecular flexibility index (Phi) is 4.41. The van der Waals surface area contributed by atoms with Gasteiger partial charge in [-0.15, -0.1) is 0 Å². The fraction of sp³-hybridized carbons (Fsp3) is 0.368. The summed E-state index contributed by atoms with van der Waals surface area (Å²) in [5.41, 5.74) is 2.98. The zero-order valence-corrected chi connectivity index (χ0v) is 14.0. The first-order chi connectivity index (χ1) is 11.6. The summed E-state index contributed by atoms with van der Waals surface area (Å²) in [7, 11) is 1.63. The number of fused-ring (bicyclic) bond motifs is 1. The second-order valence-electron chi connectivity index (χ2n) is 6.24. The molecule has 0 bridgehead atoms. The van der Waals surface area contributed by atoms with Crippen LogP contribution in [-0.4, -0.2) is 17.2 Å². The van der Waals surface area contributed by atoms with Crippen LogP contribution >= 0.6 is 0 Å². The quantitative estimate of drug-likeness (QED) is 0.928. The molecule has 0 saturated heterocycles. The molecule has 2 heterocycles. The van der Waals surface area contributed by atoms with Gasteiger partial charge in [0.2, 0.25) is 0 Å². The monoisotopic (exact) mass is 324 g/mol. The van der Waals surface area contributed by atoms with Gasteiger partial charge in [-0.1, -0.05) is 26.0 Å². The molecule has 0 radical (unpaired) electrons. The largest absolute Gasteiger partial charge is 0.506 e. The van der Waals surface area contributed by atoms with Crippen molar-refractivity contribution in [3.63, 3.8) is 0 Å². The van der Waals surface area contributed by atoms with E-state index in [2.05, 4.69) is 11.1 Å². The maximum atomic E-state index is 10.6. The van der Waals surface area contributed by atoms with Crippen molar-refractivity contribution < 1.29 is 14.6 Å². The molecule has 0 fully saturated rings. The molecule has 24 heavy (non-hydrogen) atoms. The predicted molar refractivity (Wildman–Crippen MR) is 88.7 cm³/mol. The first-order valence-electron chi connectivity index (χ1n) is 7.92. The maximum Gasteiger partial charge on any atom is 0.144 e. The SMILES string of the molecule is COc1ccc(C2OCc3c2cnc(C(C#N)C(C)C)c3O)cc1. The van der Waals surface area contributed by atoms with E-state index in [0.29, 0.717) is 12.3 Å². The highest BCUT2D eigenvalue weighted by molar-refractivity contribution is 5.49. The number of aromatic nitrogens is 1. The Hall–Kier alpha value is -2.58. The smallest absolute Gasteiger partial charge is 0.144 e. The van der Waals surface area contributed by atoms with Crippen molar-refractivity contribution >= 4 is 0 Å². The van der Waals surface area contributed by atoms with Crippen LogP contribution in [0.2, 0.25) is 0 Å². The minimum atomic E-state index is -0.435. The van der Waals surface area contributed by atoms with Crippen molar-refractivity contribution in [3.8, 4) is 17.6 Å². The van der Waals surface area contributed by atoms with Gasteiger partial charge in [-0.2, -0.15) is 5.26 Å². The number of pyridine rings is 1. The van der Waals surface area contributed by atoms with Crippen LogP contribution in [0.3, 0.4) is 0 Å². The van der Waals surface area contributed by atoms with Crippen LogP contribution in [-0.2, 0) is 11.3 Å². The lowest BCUT2D eigenvalue weighted by molar-refractivity contribution is 0.0932. The number of ether oxygens (including phenoxy) is 2. The minimum Gasteiger partial charge on any atom is -0.506 e. The van der Waals surface area contributed by atoms with Gasteiger partial charge >= 0.3 is 0 Å². The molecule has 1 aliphatic heterocycles. The van der Waals surface area contributed by atoms with Gasteiger partial charge in [-0.3, -0.25) is 4.98 Å². The van der Waals surface area contributed by atoms with E-state index in [-0.39, 0.29) is 17.8 Å². The summed E-state index contributed by atoms with van der Waals surface area (Å²) in [4.78, 5) is 4.37. The summed E-state index contributed by atoms with van der Waals surface area (Å²) in [6, 6.07) is 9.86. The molecule has 5 heteroatoms. The van der Waals surface area contributed by atoms with Gasteiger partial charge < -0.3 is 14.6 Å². The average molecular weight is 324 g/mol. The summed E-state index contributed by atoms with van der Waals surface area (Å²) in [5, 5.41) is 20.0. The van der Waals surface area contributed by atoms with E-state index in [1.807, 2.05) is 38.1 Å². The zero-order chi connectivity index (χ0) is 17.3. The summed E-state index contributed by atoms with van der Waals surface area (Å²) < 4.78 is 11.0. The Morgan fingerprint density at radius 2 is 2.04 bits per heavy atom. The van der Waals surface area contributed by atoms with Gasteiger partial charge in [0.15, 0.2) is 0 Å². The number of hydrogen-bond acceptors (Lipinski definition) is 5. The topological polar surface area (TPSA) is 75.4 Å². The molecule has 1 aliphatic rings. The molecule has 0 amide bonds.